The number of alkyl halides is 1. The van der Waals surface area contributed by atoms with Crippen LogP contribution in [0.15, 0.2) is 47.7 Å². The van der Waals surface area contributed by atoms with E-state index in [4.69, 9.17) is 11.6 Å². The highest BCUT2D eigenvalue weighted by Crippen LogP contribution is 2.45. The van der Waals surface area contributed by atoms with Gasteiger partial charge in [0.05, 0.1) is 11.2 Å². The molecule has 7 nitrogen and oxygen atoms in total. The molecule has 1 unspecified atom stereocenters. The number of carboxylic acids is 1. The van der Waals surface area contributed by atoms with Crippen LogP contribution in [0.5, 0.6) is 0 Å². The maximum atomic E-state index is 16.6. The number of halogens is 3. The standard InChI is InChI=1S/C27H24ClF2N5O2/c1-15-7-9-16(10-8-15)14-35-22-21(17-11-18(28)13-31-12-17)32-24(25(36)37)33-23(22)34-26(35)27(2,30)19-5-3-4-6-20(19)29/h3-6,11-16H,7-10H2,1-2H3/p+1. The molecule has 0 spiro atoms. The summed E-state index contributed by atoms with van der Waals surface area (Å²) in [7, 11) is 0. The Kier molecular flexibility index (Phi) is 6.58. The second kappa shape index (κ2) is 9.70. The van der Waals surface area contributed by atoms with Crippen LogP contribution in [-0.2, 0) is 5.67 Å². The van der Waals surface area contributed by atoms with E-state index in [1.54, 1.807) is 16.7 Å². The average molecular weight is 525 g/mol. The monoisotopic (exact) mass is 524 g/mol. The van der Waals surface area contributed by atoms with Gasteiger partial charge in [0.15, 0.2) is 0 Å². The van der Waals surface area contributed by atoms with E-state index in [0.29, 0.717) is 22.2 Å². The quantitative estimate of drug-likeness (QED) is 0.385. The molecule has 1 aromatic carbocycles. The Labute approximate surface area is 217 Å². The van der Waals surface area contributed by atoms with E-state index < -0.39 is 23.3 Å². The normalized spacial score (nSPS) is 21.9. The van der Waals surface area contributed by atoms with Gasteiger partial charge in [-0.25, -0.2) is 18.6 Å². The number of fused-ring (bicyclic) bond motifs is 1. The molecule has 1 fully saturated rings. The van der Waals surface area contributed by atoms with Crippen molar-refractivity contribution in [2.24, 2.45) is 16.8 Å². The molecular weight excluding hydrogens is 500 g/mol. The van der Waals surface area contributed by atoms with Crippen molar-refractivity contribution in [1.29, 1.82) is 0 Å². The molecule has 1 aliphatic carbocycles. The number of amidine groups is 1. The lowest BCUT2D eigenvalue weighted by atomic mass is 9.83. The summed E-state index contributed by atoms with van der Waals surface area (Å²) < 4.78 is 33.0. The van der Waals surface area contributed by atoms with Gasteiger partial charge in [0.25, 0.3) is 0 Å². The first-order valence-electron chi connectivity index (χ1n) is 12.1. The lowest BCUT2D eigenvalue weighted by Gasteiger charge is -2.24. The molecule has 190 valence electrons. The molecule has 5 rings (SSSR count). The molecule has 10 heteroatoms. The third-order valence-corrected chi connectivity index (χ3v) is 7.14. The van der Waals surface area contributed by atoms with Crippen molar-refractivity contribution in [3.63, 3.8) is 0 Å². The summed E-state index contributed by atoms with van der Waals surface area (Å²) in [4.78, 5) is 28.8. The van der Waals surface area contributed by atoms with Gasteiger partial charge < -0.3 is 5.11 Å². The fourth-order valence-corrected chi connectivity index (χ4v) is 5.10. The zero-order valence-electron chi connectivity index (χ0n) is 20.3. The van der Waals surface area contributed by atoms with E-state index in [2.05, 4.69) is 26.9 Å². The van der Waals surface area contributed by atoms with Crippen LogP contribution in [0.3, 0.4) is 0 Å². The minimum Gasteiger partial charge on any atom is -0.475 e. The fraction of sp³-hybridized carbons (Fsp3) is 0.333. The summed E-state index contributed by atoms with van der Waals surface area (Å²) in [6.45, 7) is 3.45. The van der Waals surface area contributed by atoms with Gasteiger partial charge in [0.2, 0.25) is 17.2 Å². The average Bonchev–Trinajstić information content (AvgIpc) is 3.24. The third kappa shape index (κ3) is 4.75. The number of aromatic carboxylic acids is 1. The predicted octanol–water partition coefficient (Wildman–Crippen LogP) is 6.50. The number of pyridine rings is 1. The molecule has 0 amide bonds. The van der Waals surface area contributed by atoms with Gasteiger partial charge in [-0.3, -0.25) is 4.98 Å². The summed E-state index contributed by atoms with van der Waals surface area (Å²) in [5.74, 6) is -2.00. The number of nitrogens with zero attached hydrogens (tertiary/aromatic N) is 5. The molecule has 0 saturated heterocycles. The summed E-state index contributed by atoms with van der Waals surface area (Å²) in [5, 5.41) is 9.99. The molecule has 1 aliphatic heterocycles. The lowest BCUT2D eigenvalue weighted by molar-refractivity contribution is -0.310. The minimum atomic E-state index is -2.36. The van der Waals surface area contributed by atoms with Crippen LogP contribution in [0.1, 0.15) is 55.7 Å². The number of carbonyl (C=O) groups is 1. The van der Waals surface area contributed by atoms with Gasteiger partial charge in [-0.2, -0.15) is 9.56 Å². The molecule has 3 heterocycles. The SMILES string of the molecule is CC1CCC(C=[N+]2C(C(C)(F)c3ccccc3F)=Nc3nc(C(=O)O)nc(-c4cncc(Cl)c4)c32)CC1. The Bertz CT molecular complexity index is 1450. The van der Waals surface area contributed by atoms with Crippen LogP contribution < -0.4 is 0 Å². The van der Waals surface area contributed by atoms with Crippen LogP contribution >= 0.6 is 11.6 Å². The Morgan fingerprint density at radius 1 is 1.19 bits per heavy atom. The van der Waals surface area contributed by atoms with Gasteiger partial charge in [-0.1, -0.05) is 49.6 Å². The molecule has 3 aromatic rings. The van der Waals surface area contributed by atoms with E-state index in [1.165, 1.54) is 37.5 Å². The highest BCUT2D eigenvalue weighted by molar-refractivity contribution is 6.30. The van der Waals surface area contributed by atoms with Crippen LogP contribution in [0.25, 0.3) is 11.3 Å². The zero-order chi connectivity index (χ0) is 26.3. The number of hydrogen-bond donors (Lipinski definition) is 1. The molecular formula is C27H25ClF2N5O2+. The van der Waals surface area contributed by atoms with Gasteiger partial charge >= 0.3 is 17.6 Å². The third-order valence-electron chi connectivity index (χ3n) is 6.94. The first-order chi connectivity index (χ1) is 17.6. The zero-order valence-corrected chi connectivity index (χ0v) is 21.1. The molecule has 37 heavy (non-hydrogen) atoms. The molecule has 2 aromatic heterocycles. The van der Waals surface area contributed by atoms with E-state index in [0.717, 1.165) is 25.7 Å². The Hall–Kier alpha value is -3.59. The maximum Gasteiger partial charge on any atom is 0.374 e. The van der Waals surface area contributed by atoms with E-state index in [-0.39, 0.29) is 28.8 Å². The van der Waals surface area contributed by atoms with Gasteiger partial charge in [-0.05, 0) is 42.8 Å². The first-order valence-corrected chi connectivity index (χ1v) is 12.5. The number of hydrogen-bond acceptors (Lipinski definition) is 5. The van der Waals surface area contributed by atoms with Gasteiger partial charge in [0, 0.05) is 29.4 Å². The first kappa shape index (κ1) is 25.1. The highest BCUT2D eigenvalue weighted by Gasteiger charge is 2.50. The molecule has 0 radical (unpaired) electrons. The fourth-order valence-electron chi connectivity index (χ4n) is 4.93. The highest BCUT2D eigenvalue weighted by atomic mass is 35.5. The lowest BCUT2D eigenvalue weighted by Crippen LogP contribution is -2.36. The second-order valence-corrected chi connectivity index (χ2v) is 10.2. The Morgan fingerprint density at radius 2 is 1.92 bits per heavy atom. The molecule has 1 N–H and O–H groups in total. The topological polar surface area (TPSA) is 91.3 Å². The van der Waals surface area contributed by atoms with E-state index >= 15 is 4.39 Å². The summed E-state index contributed by atoms with van der Waals surface area (Å²) in [6.07, 6.45) is 8.65. The van der Waals surface area contributed by atoms with Crippen molar-refractivity contribution in [2.75, 3.05) is 0 Å². The number of aromatic nitrogens is 3. The predicted molar refractivity (Wildman–Crippen MR) is 136 cm³/mol. The molecule has 2 aliphatic rings. The Morgan fingerprint density at radius 3 is 2.59 bits per heavy atom. The number of benzene rings is 1. The minimum absolute atomic E-state index is 0.0157. The second-order valence-electron chi connectivity index (χ2n) is 9.72. The molecule has 1 atom stereocenters. The molecule has 0 bridgehead atoms. The van der Waals surface area contributed by atoms with Gasteiger partial charge in [0.1, 0.15) is 11.5 Å². The number of carboxylic acid groups (broad SMARTS) is 1. The van der Waals surface area contributed by atoms with Gasteiger partial charge in [-0.15, -0.1) is 0 Å². The van der Waals surface area contributed by atoms with E-state index in [1.807, 2.05) is 6.21 Å². The van der Waals surface area contributed by atoms with Crippen molar-refractivity contribution < 1.29 is 23.3 Å². The van der Waals surface area contributed by atoms with Crippen LogP contribution in [-0.4, -0.2) is 42.7 Å². The van der Waals surface area contributed by atoms with E-state index in [9.17, 15) is 14.3 Å². The maximum absolute atomic E-state index is 16.6. The smallest absolute Gasteiger partial charge is 0.374 e. The largest absolute Gasteiger partial charge is 0.475 e. The van der Waals surface area contributed by atoms with Crippen LogP contribution in [0, 0.1) is 17.7 Å². The van der Waals surface area contributed by atoms with Crippen molar-refractivity contribution >= 4 is 41.1 Å². The molecule has 1 saturated carbocycles. The van der Waals surface area contributed by atoms with Crippen molar-refractivity contribution in [2.45, 2.75) is 45.2 Å². The van der Waals surface area contributed by atoms with Crippen LogP contribution in [0.4, 0.5) is 20.3 Å². The van der Waals surface area contributed by atoms with Crippen LogP contribution in [0.2, 0.25) is 5.02 Å². The number of rotatable bonds is 5. The summed E-state index contributed by atoms with van der Waals surface area (Å²) in [6, 6.07) is 7.20. The summed E-state index contributed by atoms with van der Waals surface area (Å²) in [5.41, 5.74) is -1.62. The van der Waals surface area contributed by atoms with Crippen molar-refractivity contribution in [1.82, 2.24) is 15.0 Å². The Balaban J connectivity index is 1.75. The summed E-state index contributed by atoms with van der Waals surface area (Å²) >= 11 is 6.18. The van der Waals surface area contributed by atoms with Crippen molar-refractivity contribution in [3.8, 4) is 11.3 Å². The number of aliphatic imine (C=N–C) groups is 1. The van der Waals surface area contributed by atoms with Crippen molar-refractivity contribution in [3.05, 3.63) is 65.0 Å².